The van der Waals surface area contributed by atoms with Crippen molar-refractivity contribution in [1.29, 1.82) is 0 Å². The number of thiazole rings is 1. The summed E-state index contributed by atoms with van der Waals surface area (Å²) in [6.07, 6.45) is 0.124. The van der Waals surface area contributed by atoms with Crippen LogP contribution in [0, 0.1) is 5.41 Å². The lowest BCUT2D eigenvalue weighted by Crippen LogP contribution is -2.45. The summed E-state index contributed by atoms with van der Waals surface area (Å²) in [6, 6.07) is 0. The Hall–Kier alpha value is -0.410. The predicted octanol–water partition coefficient (Wildman–Crippen LogP) is 4.00. The number of halogens is 1. The molecule has 0 saturated carbocycles. The number of nitrogens with zero attached hydrogens (tertiary/aromatic N) is 2. The summed E-state index contributed by atoms with van der Waals surface area (Å²) in [4.78, 5) is 9.26. The van der Waals surface area contributed by atoms with E-state index in [4.69, 9.17) is 4.74 Å². The van der Waals surface area contributed by atoms with Crippen molar-refractivity contribution in [2.75, 3.05) is 20.2 Å². The maximum atomic E-state index is 5.58. The fraction of sp³-hybridized carbons (Fsp3) is 0.765. The van der Waals surface area contributed by atoms with E-state index in [0.717, 1.165) is 29.8 Å². The molecule has 7 heteroatoms. The summed E-state index contributed by atoms with van der Waals surface area (Å²) >= 11 is 1.67. The van der Waals surface area contributed by atoms with E-state index in [9.17, 15) is 0 Å². The summed E-state index contributed by atoms with van der Waals surface area (Å²) in [7, 11) is 1.75. The Morgan fingerprint density at radius 2 is 2.00 bits per heavy atom. The van der Waals surface area contributed by atoms with Gasteiger partial charge in [-0.05, 0) is 18.3 Å². The molecule has 0 amide bonds. The monoisotopic (exact) mass is 468 g/mol. The number of ether oxygens (including phenoxy) is 1. The van der Waals surface area contributed by atoms with Crippen molar-refractivity contribution in [3.63, 3.8) is 0 Å². The molecule has 0 radical (unpaired) electrons. The minimum atomic E-state index is 0. The Morgan fingerprint density at radius 1 is 1.33 bits per heavy atom. The van der Waals surface area contributed by atoms with Gasteiger partial charge in [-0.2, -0.15) is 0 Å². The van der Waals surface area contributed by atoms with E-state index < -0.39 is 0 Å². The summed E-state index contributed by atoms with van der Waals surface area (Å²) in [5.41, 5.74) is 1.23. The first-order valence-corrected chi connectivity index (χ1v) is 9.15. The molecule has 0 saturated heterocycles. The largest absolute Gasteiger partial charge is 0.379 e. The van der Waals surface area contributed by atoms with Crippen LogP contribution >= 0.6 is 35.3 Å². The van der Waals surface area contributed by atoms with Crippen LogP contribution in [0.5, 0.6) is 0 Å². The van der Waals surface area contributed by atoms with Crippen LogP contribution < -0.4 is 10.6 Å². The van der Waals surface area contributed by atoms with Gasteiger partial charge in [0, 0.05) is 25.6 Å². The minimum Gasteiger partial charge on any atom is -0.379 e. The molecule has 0 aliphatic rings. The molecular weight excluding hydrogens is 435 g/mol. The fourth-order valence-corrected chi connectivity index (χ4v) is 2.96. The van der Waals surface area contributed by atoms with Crippen LogP contribution in [0.2, 0.25) is 0 Å². The fourth-order valence-electron chi connectivity index (χ4n) is 2.08. The maximum absolute atomic E-state index is 5.58. The van der Waals surface area contributed by atoms with Crippen LogP contribution in [0.25, 0.3) is 0 Å². The lowest BCUT2D eigenvalue weighted by Gasteiger charge is -2.30. The van der Waals surface area contributed by atoms with Crippen molar-refractivity contribution >= 4 is 41.3 Å². The van der Waals surface area contributed by atoms with Gasteiger partial charge in [-0.25, -0.2) is 9.98 Å². The van der Waals surface area contributed by atoms with E-state index in [2.05, 4.69) is 67.5 Å². The molecule has 0 bridgehead atoms. The second-order valence-corrected chi connectivity index (χ2v) is 7.93. The SMILES string of the molecule is CCNC(=NCc1nc(C(C)C)cs1)NCC(OC)C(C)(C)C.I. The molecule has 140 valence electrons. The second-order valence-electron chi connectivity index (χ2n) is 6.99. The lowest BCUT2D eigenvalue weighted by atomic mass is 9.89. The molecule has 0 aromatic carbocycles. The van der Waals surface area contributed by atoms with Gasteiger partial charge < -0.3 is 15.4 Å². The lowest BCUT2D eigenvalue weighted by molar-refractivity contribution is 0.0205. The Bertz CT molecular complexity index is 497. The zero-order valence-corrected chi connectivity index (χ0v) is 19.1. The van der Waals surface area contributed by atoms with Crippen LogP contribution in [0.15, 0.2) is 10.4 Å². The molecule has 0 fully saturated rings. The number of aliphatic imine (C=N–C) groups is 1. The molecule has 1 aromatic rings. The van der Waals surface area contributed by atoms with E-state index >= 15 is 0 Å². The van der Waals surface area contributed by atoms with Crippen LogP contribution in [-0.4, -0.2) is 37.2 Å². The number of rotatable bonds is 7. The Labute approximate surface area is 168 Å². The number of methoxy groups -OCH3 is 1. The van der Waals surface area contributed by atoms with Gasteiger partial charge in [0.2, 0.25) is 0 Å². The van der Waals surface area contributed by atoms with E-state index in [1.807, 2.05) is 0 Å². The van der Waals surface area contributed by atoms with Gasteiger partial charge in [-0.1, -0.05) is 34.6 Å². The van der Waals surface area contributed by atoms with E-state index in [1.54, 1.807) is 18.4 Å². The van der Waals surface area contributed by atoms with E-state index in [0.29, 0.717) is 12.5 Å². The Morgan fingerprint density at radius 3 is 2.46 bits per heavy atom. The number of guanidine groups is 1. The molecule has 0 spiro atoms. The predicted molar refractivity (Wildman–Crippen MR) is 115 cm³/mol. The van der Waals surface area contributed by atoms with Crippen LogP contribution in [0.1, 0.15) is 58.2 Å². The highest BCUT2D eigenvalue weighted by Gasteiger charge is 2.24. The molecule has 1 aromatic heterocycles. The molecular formula is C17H33IN4OS. The average Bonchev–Trinajstić information content (AvgIpc) is 2.93. The molecule has 5 nitrogen and oxygen atoms in total. The summed E-state index contributed by atoms with van der Waals surface area (Å²) in [5, 5.41) is 9.81. The Kier molecular flexibility index (Phi) is 11.1. The van der Waals surface area contributed by atoms with Gasteiger partial charge in [-0.15, -0.1) is 35.3 Å². The summed E-state index contributed by atoms with van der Waals surface area (Å²) < 4.78 is 5.58. The summed E-state index contributed by atoms with van der Waals surface area (Å²) in [6.45, 7) is 15.1. The quantitative estimate of drug-likeness (QED) is 0.361. The van der Waals surface area contributed by atoms with Gasteiger partial charge >= 0.3 is 0 Å². The normalized spacial score (nSPS) is 13.6. The molecule has 24 heavy (non-hydrogen) atoms. The van der Waals surface area contributed by atoms with Gasteiger partial charge in [0.25, 0.3) is 0 Å². The van der Waals surface area contributed by atoms with Crippen LogP contribution in [0.4, 0.5) is 0 Å². The Balaban J connectivity index is 0.00000529. The molecule has 1 atom stereocenters. The van der Waals surface area contributed by atoms with E-state index in [-0.39, 0.29) is 35.5 Å². The zero-order chi connectivity index (χ0) is 17.5. The number of hydrogen-bond acceptors (Lipinski definition) is 4. The standard InChI is InChI=1S/C17H32N4OS.HI/c1-8-18-16(19-9-14(22-7)17(4,5)6)20-10-15-21-13(11-23-15)12(2)3;/h11-12,14H,8-10H2,1-7H3,(H2,18,19,20);1H. The van der Waals surface area contributed by atoms with Crippen molar-refractivity contribution in [3.05, 3.63) is 16.1 Å². The molecule has 0 aliphatic heterocycles. The third-order valence-electron chi connectivity index (χ3n) is 3.58. The topological polar surface area (TPSA) is 58.5 Å². The molecule has 0 aliphatic carbocycles. The maximum Gasteiger partial charge on any atom is 0.191 e. The van der Waals surface area contributed by atoms with Gasteiger partial charge in [0.1, 0.15) is 5.01 Å². The van der Waals surface area contributed by atoms with Crippen molar-refractivity contribution in [1.82, 2.24) is 15.6 Å². The van der Waals surface area contributed by atoms with Crippen molar-refractivity contribution in [2.45, 2.75) is 60.1 Å². The summed E-state index contributed by atoms with van der Waals surface area (Å²) in [5.74, 6) is 1.27. The van der Waals surface area contributed by atoms with Crippen molar-refractivity contribution < 1.29 is 4.74 Å². The third kappa shape index (κ3) is 8.11. The smallest absolute Gasteiger partial charge is 0.191 e. The first-order chi connectivity index (χ1) is 10.8. The number of hydrogen-bond donors (Lipinski definition) is 2. The molecule has 2 N–H and O–H groups in total. The third-order valence-corrected chi connectivity index (χ3v) is 4.43. The van der Waals surface area contributed by atoms with Crippen LogP contribution in [-0.2, 0) is 11.3 Å². The first-order valence-electron chi connectivity index (χ1n) is 8.27. The first kappa shape index (κ1) is 23.6. The van der Waals surface area contributed by atoms with Gasteiger partial charge in [0.15, 0.2) is 5.96 Å². The number of aromatic nitrogens is 1. The highest BCUT2D eigenvalue weighted by atomic mass is 127. The van der Waals surface area contributed by atoms with Crippen molar-refractivity contribution in [3.8, 4) is 0 Å². The highest BCUT2D eigenvalue weighted by Crippen LogP contribution is 2.21. The number of nitrogens with one attached hydrogen (secondary N) is 2. The average molecular weight is 468 g/mol. The van der Waals surface area contributed by atoms with Crippen molar-refractivity contribution in [2.24, 2.45) is 10.4 Å². The van der Waals surface area contributed by atoms with Gasteiger partial charge in [0.05, 0.1) is 18.3 Å². The highest BCUT2D eigenvalue weighted by molar-refractivity contribution is 14.0. The minimum absolute atomic E-state index is 0. The van der Waals surface area contributed by atoms with E-state index in [1.165, 1.54) is 0 Å². The molecule has 1 heterocycles. The van der Waals surface area contributed by atoms with Crippen LogP contribution in [0.3, 0.4) is 0 Å². The zero-order valence-electron chi connectivity index (χ0n) is 16.0. The van der Waals surface area contributed by atoms with Gasteiger partial charge in [-0.3, -0.25) is 0 Å². The second kappa shape index (κ2) is 11.3. The molecule has 1 rings (SSSR count). The molecule has 1 unspecified atom stereocenters.